The van der Waals surface area contributed by atoms with Gasteiger partial charge in [-0.2, -0.15) is 0 Å². The van der Waals surface area contributed by atoms with Crippen LogP contribution in [-0.2, 0) is 17.8 Å². The van der Waals surface area contributed by atoms with Gasteiger partial charge in [0.25, 0.3) is 0 Å². The Labute approximate surface area is 177 Å². The van der Waals surface area contributed by atoms with Gasteiger partial charge in [-0.1, -0.05) is 53.5 Å². The van der Waals surface area contributed by atoms with Gasteiger partial charge < -0.3 is 9.88 Å². The number of halogens is 2. The van der Waals surface area contributed by atoms with Gasteiger partial charge in [-0.3, -0.25) is 9.59 Å². The van der Waals surface area contributed by atoms with Gasteiger partial charge in [0, 0.05) is 27.4 Å². The van der Waals surface area contributed by atoms with E-state index >= 15 is 0 Å². The van der Waals surface area contributed by atoms with Crippen molar-refractivity contribution < 1.29 is 4.79 Å². The monoisotopic (exact) mass is 424 g/mol. The third-order valence-electron chi connectivity index (χ3n) is 4.91. The van der Waals surface area contributed by atoms with Crippen molar-refractivity contribution in [3.63, 3.8) is 0 Å². The van der Waals surface area contributed by atoms with Crippen molar-refractivity contribution in [2.24, 2.45) is 0 Å². The number of nitrogens with zero attached hydrogens (tertiary/aromatic N) is 1. The maximum Gasteiger partial charge on any atom is 0.239 e. The summed E-state index contributed by atoms with van der Waals surface area (Å²) < 4.78 is 1.89. The number of carbonyl (C=O) groups excluding carboxylic acids is 1. The minimum absolute atomic E-state index is 0.0229. The molecule has 0 aliphatic carbocycles. The molecule has 1 amide bonds. The average molecular weight is 425 g/mol. The largest absolute Gasteiger partial charge is 0.354 e. The van der Waals surface area contributed by atoms with E-state index < -0.39 is 0 Å². The minimum atomic E-state index is -0.131. The summed E-state index contributed by atoms with van der Waals surface area (Å²) in [6.45, 7) is 0.575. The van der Waals surface area contributed by atoms with Crippen LogP contribution in [0.4, 0.5) is 0 Å². The number of pyridine rings is 1. The Hall–Kier alpha value is -2.82. The average Bonchev–Trinajstić information content (AvgIpc) is 2.73. The Morgan fingerprint density at radius 2 is 1.52 bits per heavy atom. The predicted molar refractivity (Wildman–Crippen MR) is 119 cm³/mol. The fourth-order valence-corrected chi connectivity index (χ4v) is 4.01. The highest BCUT2D eigenvalue weighted by molar-refractivity contribution is 6.35. The second kappa shape index (κ2) is 8.27. The van der Waals surface area contributed by atoms with E-state index in [9.17, 15) is 9.59 Å². The molecule has 3 aromatic carbocycles. The van der Waals surface area contributed by atoms with Crippen LogP contribution >= 0.6 is 23.2 Å². The lowest BCUT2D eigenvalue weighted by atomic mass is 10.1. The molecule has 0 saturated carbocycles. The lowest BCUT2D eigenvalue weighted by Crippen LogP contribution is -2.30. The molecule has 1 aromatic heterocycles. The van der Waals surface area contributed by atoms with Crippen molar-refractivity contribution >= 4 is 50.9 Å². The lowest BCUT2D eigenvalue weighted by Gasteiger charge is -2.15. The topological polar surface area (TPSA) is 51.1 Å². The van der Waals surface area contributed by atoms with Gasteiger partial charge >= 0.3 is 0 Å². The maximum absolute atomic E-state index is 12.8. The number of amides is 1. The van der Waals surface area contributed by atoms with Crippen LogP contribution in [-0.4, -0.2) is 17.0 Å². The molecular formula is C23H18Cl2N2O2. The molecule has 1 heterocycles. The van der Waals surface area contributed by atoms with Crippen LogP contribution in [0.2, 0.25) is 10.0 Å². The number of carbonyl (C=O) groups is 1. The van der Waals surface area contributed by atoms with Crippen molar-refractivity contribution in [3.05, 3.63) is 92.6 Å². The number of rotatable bonds is 5. The Kier molecular flexibility index (Phi) is 5.56. The van der Waals surface area contributed by atoms with Gasteiger partial charge in [-0.05, 0) is 48.4 Å². The van der Waals surface area contributed by atoms with E-state index in [0.717, 1.165) is 16.6 Å². The van der Waals surface area contributed by atoms with Crippen LogP contribution in [0.3, 0.4) is 0 Å². The summed E-state index contributed by atoms with van der Waals surface area (Å²) in [4.78, 5) is 25.4. The molecule has 0 bridgehead atoms. The molecule has 4 nitrogen and oxygen atoms in total. The van der Waals surface area contributed by atoms with Gasteiger partial charge in [-0.25, -0.2) is 0 Å². The lowest BCUT2D eigenvalue weighted by molar-refractivity contribution is -0.121. The number of hydrogen-bond acceptors (Lipinski definition) is 2. The summed E-state index contributed by atoms with van der Waals surface area (Å²) in [5.41, 5.74) is 2.39. The SMILES string of the molecule is O=C(Cn1c2ccccc2c(=O)c2ccccc21)NCCc1ccc(Cl)cc1Cl. The molecule has 146 valence electrons. The number of fused-ring (bicyclic) bond motifs is 2. The molecule has 6 heteroatoms. The fraction of sp³-hybridized carbons (Fsp3) is 0.130. The molecule has 0 saturated heterocycles. The number of para-hydroxylation sites is 2. The first-order chi connectivity index (χ1) is 14.0. The highest BCUT2D eigenvalue weighted by atomic mass is 35.5. The summed E-state index contributed by atoms with van der Waals surface area (Å²) in [5, 5.41) is 5.31. The second-order valence-electron chi connectivity index (χ2n) is 6.79. The molecule has 0 spiro atoms. The first kappa shape index (κ1) is 19.5. The molecule has 4 aromatic rings. The molecular weight excluding hydrogens is 407 g/mol. The van der Waals surface area contributed by atoms with Crippen molar-refractivity contribution in [2.75, 3.05) is 6.54 Å². The normalized spacial score (nSPS) is 11.1. The highest BCUT2D eigenvalue weighted by Crippen LogP contribution is 2.21. The smallest absolute Gasteiger partial charge is 0.239 e. The van der Waals surface area contributed by atoms with Crippen molar-refractivity contribution in [2.45, 2.75) is 13.0 Å². The quantitative estimate of drug-likeness (QED) is 0.466. The molecule has 0 fully saturated rings. The van der Waals surface area contributed by atoms with Crippen LogP contribution < -0.4 is 10.7 Å². The zero-order valence-electron chi connectivity index (χ0n) is 15.5. The predicted octanol–water partition coefficient (Wildman–Crippen LogP) is 4.82. The number of nitrogens with one attached hydrogen (secondary N) is 1. The van der Waals surface area contributed by atoms with E-state index in [1.807, 2.05) is 47.0 Å². The van der Waals surface area contributed by atoms with Gasteiger partial charge in [0.1, 0.15) is 6.54 Å². The van der Waals surface area contributed by atoms with Crippen LogP contribution in [0, 0.1) is 0 Å². The molecule has 29 heavy (non-hydrogen) atoms. The van der Waals surface area contributed by atoms with E-state index in [2.05, 4.69) is 5.32 Å². The van der Waals surface area contributed by atoms with Gasteiger partial charge in [0.15, 0.2) is 5.43 Å². The fourth-order valence-electron chi connectivity index (χ4n) is 3.51. The third kappa shape index (κ3) is 4.00. The van der Waals surface area contributed by atoms with Crippen LogP contribution in [0.5, 0.6) is 0 Å². The molecule has 0 radical (unpaired) electrons. The van der Waals surface area contributed by atoms with E-state index in [4.69, 9.17) is 23.2 Å². The van der Waals surface area contributed by atoms with Crippen molar-refractivity contribution in [1.29, 1.82) is 0 Å². The Morgan fingerprint density at radius 1 is 0.897 bits per heavy atom. The van der Waals surface area contributed by atoms with E-state index in [-0.39, 0.29) is 17.9 Å². The molecule has 4 rings (SSSR count). The van der Waals surface area contributed by atoms with Gasteiger partial charge in [-0.15, -0.1) is 0 Å². The molecule has 0 unspecified atom stereocenters. The second-order valence-corrected chi connectivity index (χ2v) is 7.63. The summed E-state index contributed by atoms with van der Waals surface area (Å²) in [6.07, 6.45) is 0.605. The minimum Gasteiger partial charge on any atom is -0.354 e. The van der Waals surface area contributed by atoms with Crippen LogP contribution in [0.1, 0.15) is 5.56 Å². The van der Waals surface area contributed by atoms with Crippen molar-refractivity contribution in [3.8, 4) is 0 Å². The van der Waals surface area contributed by atoms with Crippen molar-refractivity contribution in [1.82, 2.24) is 9.88 Å². The molecule has 1 N–H and O–H groups in total. The third-order valence-corrected chi connectivity index (χ3v) is 5.50. The highest BCUT2D eigenvalue weighted by Gasteiger charge is 2.12. The Morgan fingerprint density at radius 3 is 2.14 bits per heavy atom. The number of aromatic nitrogens is 1. The zero-order valence-corrected chi connectivity index (χ0v) is 17.0. The summed E-state index contributed by atoms with van der Waals surface area (Å²) in [6, 6.07) is 20.1. The Balaban J connectivity index is 1.57. The molecule has 0 aliphatic heterocycles. The summed E-state index contributed by atoms with van der Waals surface area (Å²) in [5.74, 6) is -0.131. The number of benzene rings is 3. The zero-order chi connectivity index (χ0) is 20.4. The summed E-state index contributed by atoms with van der Waals surface area (Å²) >= 11 is 12.1. The standard InChI is InChI=1S/C23H18Cl2N2O2/c24-16-10-9-15(19(25)13-16)11-12-26-22(28)14-27-20-7-3-1-5-17(20)23(29)18-6-2-4-8-21(18)27/h1-10,13H,11-12,14H2,(H,26,28). The first-order valence-corrected chi connectivity index (χ1v) is 10.0. The van der Waals surface area contributed by atoms with Crippen LogP contribution in [0.25, 0.3) is 21.8 Å². The van der Waals surface area contributed by atoms with E-state index in [1.165, 1.54) is 0 Å². The molecule has 0 atom stereocenters. The first-order valence-electron chi connectivity index (χ1n) is 9.25. The number of hydrogen-bond donors (Lipinski definition) is 1. The van der Waals surface area contributed by atoms with Gasteiger partial charge in [0.2, 0.25) is 5.91 Å². The molecule has 0 aliphatic rings. The Bertz CT molecular complexity index is 1220. The summed E-state index contributed by atoms with van der Waals surface area (Å²) in [7, 11) is 0. The van der Waals surface area contributed by atoms with Crippen LogP contribution in [0.15, 0.2) is 71.5 Å². The van der Waals surface area contributed by atoms with E-state index in [0.29, 0.717) is 33.8 Å². The van der Waals surface area contributed by atoms with Gasteiger partial charge in [0.05, 0.1) is 11.0 Å². The maximum atomic E-state index is 12.8. The van der Waals surface area contributed by atoms with E-state index in [1.54, 1.807) is 24.3 Å².